The minimum Gasteiger partial charge on any atom is -0.364 e. The van der Waals surface area contributed by atoms with Crippen LogP contribution in [0.1, 0.15) is 16.3 Å². The molecule has 0 bridgehead atoms. The molecule has 2 aromatic heterocycles. The molecule has 2 aromatic rings. The fourth-order valence-corrected chi connectivity index (χ4v) is 2.03. The summed E-state index contributed by atoms with van der Waals surface area (Å²) in [6.07, 6.45) is 0. The molecule has 0 aliphatic rings. The number of hydrogen-bond acceptors (Lipinski definition) is 4. The normalized spacial score (nSPS) is 10.6. The first-order valence-corrected chi connectivity index (χ1v) is 5.68. The number of nitrogens with zero attached hydrogens (tertiary/aromatic N) is 3. The van der Waals surface area contributed by atoms with Gasteiger partial charge in [-0.2, -0.15) is 5.10 Å². The van der Waals surface area contributed by atoms with Crippen LogP contribution in [0.3, 0.4) is 0 Å². The van der Waals surface area contributed by atoms with Gasteiger partial charge in [0.1, 0.15) is 5.82 Å². The van der Waals surface area contributed by atoms with Crippen molar-refractivity contribution in [3.8, 4) is 0 Å². The average molecular weight is 222 g/mol. The Balaban J connectivity index is 2.02. The van der Waals surface area contributed by atoms with Crippen LogP contribution in [-0.2, 0) is 13.6 Å². The predicted molar refractivity (Wildman–Crippen MR) is 62.1 cm³/mol. The second-order valence-corrected chi connectivity index (χ2v) is 4.45. The van der Waals surface area contributed by atoms with Gasteiger partial charge in [0, 0.05) is 23.7 Å². The molecule has 0 aliphatic heterocycles. The van der Waals surface area contributed by atoms with Gasteiger partial charge in [-0.3, -0.25) is 4.68 Å². The van der Waals surface area contributed by atoms with E-state index in [1.54, 1.807) is 11.3 Å². The Morgan fingerprint density at radius 1 is 1.47 bits per heavy atom. The van der Waals surface area contributed by atoms with E-state index in [-0.39, 0.29) is 0 Å². The van der Waals surface area contributed by atoms with Crippen molar-refractivity contribution in [1.82, 2.24) is 14.8 Å². The number of aromatic nitrogens is 3. The van der Waals surface area contributed by atoms with E-state index in [2.05, 4.69) is 15.4 Å². The molecular formula is C10H14N4S. The standard InChI is InChI=1S/C10H14N4S/c1-7-4-10(13-14(7)3)11-5-9-8(2)12-6-15-9/h4,6H,5H2,1-3H3,(H,11,13). The number of nitrogens with one attached hydrogen (secondary N) is 1. The van der Waals surface area contributed by atoms with Crippen LogP contribution in [0.25, 0.3) is 0 Å². The highest BCUT2D eigenvalue weighted by atomic mass is 32.1. The van der Waals surface area contributed by atoms with Gasteiger partial charge < -0.3 is 5.32 Å². The van der Waals surface area contributed by atoms with Gasteiger partial charge in [0.25, 0.3) is 0 Å². The van der Waals surface area contributed by atoms with E-state index < -0.39 is 0 Å². The van der Waals surface area contributed by atoms with Crippen LogP contribution < -0.4 is 5.32 Å². The Morgan fingerprint density at radius 3 is 2.80 bits per heavy atom. The highest BCUT2D eigenvalue weighted by Gasteiger charge is 2.03. The molecular weight excluding hydrogens is 208 g/mol. The fraction of sp³-hybridized carbons (Fsp3) is 0.400. The maximum absolute atomic E-state index is 4.33. The highest BCUT2D eigenvalue weighted by Crippen LogP contribution is 2.14. The van der Waals surface area contributed by atoms with E-state index in [1.165, 1.54) is 4.88 Å². The zero-order valence-electron chi connectivity index (χ0n) is 9.11. The van der Waals surface area contributed by atoms with Crippen molar-refractivity contribution in [1.29, 1.82) is 0 Å². The summed E-state index contributed by atoms with van der Waals surface area (Å²) in [5.74, 6) is 0.919. The second-order valence-electron chi connectivity index (χ2n) is 3.51. The number of anilines is 1. The van der Waals surface area contributed by atoms with Gasteiger partial charge in [0.2, 0.25) is 0 Å². The lowest BCUT2D eigenvalue weighted by atomic mass is 10.4. The van der Waals surface area contributed by atoms with E-state index in [9.17, 15) is 0 Å². The summed E-state index contributed by atoms with van der Waals surface area (Å²) in [6, 6.07) is 2.04. The minimum absolute atomic E-state index is 0.799. The molecule has 0 spiro atoms. The lowest BCUT2D eigenvalue weighted by molar-refractivity contribution is 0.741. The summed E-state index contributed by atoms with van der Waals surface area (Å²) in [5, 5.41) is 7.62. The summed E-state index contributed by atoms with van der Waals surface area (Å²) < 4.78 is 1.86. The van der Waals surface area contributed by atoms with Crippen molar-refractivity contribution in [3.05, 3.63) is 27.8 Å². The summed E-state index contributed by atoms with van der Waals surface area (Å²) in [5.41, 5.74) is 4.12. The monoisotopic (exact) mass is 222 g/mol. The number of hydrogen-bond donors (Lipinski definition) is 1. The zero-order valence-corrected chi connectivity index (χ0v) is 9.93. The van der Waals surface area contributed by atoms with E-state index in [4.69, 9.17) is 0 Å². The molecule has 0 aliphatic carbocycles. The molecule has 0 saturated carbocycles. The largest absolute Gasteiger partial charge is 0.364 e. The van der Waals surface area contributed by atoms with Gasteiger partial charge in [0.05, 0.1) is 17.7 Å². The third kappa shape index (κ3) is 2.18. The lowest BCUT2D eigenvalue weighted by Crippen LogP contribution is -2.00. The topological polar surface area (TPSA) is 42.7 Å². The van der Waals surface area contributed by atoms with Gasteiger partial charge in [-0.1, -0.05) is 0 Å². The van der Waals surface area contributed by atoms with E-state index in [0.717, 1.165) is 23.8 Å². The van der Waals surface area contributed by atoms with Crippen LogP contribution in [0.15, 0.2) is 11.6 Å². The van der Waals surface area contributed by atoms with Gasteiger partial charge in [-0.15, -0.1) is 11.3 Å². The van der Waals surface area contributed by atoms with Crippen LogP contribution in [0.5, 0.6) is 0 Å². The third-order valence-electron chi connectivity index (χ3n) is 2.39. The molecule has 0 unspecified atom stereocenters. The van der Waals surface area contributed by atoms with Gasteiger partial charge in [-0.05, 0) is 13.8 Å². The Hall–Kier alpha value is -1.36. The van der Waals surface area contributed by atoms with Crippen LogP contribution in [0.2, 0.25) is 0 Å². The average Bonchev–Trinajstić information content (AvgIpc) is 2.72. The predicted octanol–water partition coefficient (Wildman–Crippen LogP) is 2.11. The maximum atomic E-state index is 4.33. The maximum Gasteiger partial charge on any atom is 0.148 e. The van der Waals surface area contributed by atoms with Crippen molar-refractivity contribution in [3.63, 3.8) is 0 Å². The van der Waals surface area contributed by atoms with Crippen LogP contribution >= 0.6 is 11.3 Å². The van der Waals surface area contributed by atoms with E-state index in [0.29, 0.717) is 0 Å². The van der Waals surface area contributed by atoms with Crippen LogP contribution in [0.4, 0.5) is 5.82 Å². The van der Waals surface area contributed by atoms with E-state index in [1.807, 2.05) is 37.2 Å². The highest BCUT2D eigenvalue weighted by molar-refractivity contribution is 7.09. The van der Waals surface area contributed by atoms with Gasteiger partial charge >= 0.3 is 0 Å². The Bertz CT molecular complexity index is 438. The Morgan fingerprint density at radius 2 is 2.27 bits per heavy atom. The molecule has 4 nitrogen and oxygen atoms in total. The van der Waals surface area contributed by atoms with Crippen LogP contribution in [-0.4, -0.2) is 14.8 Å². The van der Waals surface area contributed by atoms with Crippen molar-refractivity contribution >= 4 is 17.2 Å². The second kappa shape index (κ2) is 4.02. The van der Waals surface area contributed by atoms with Crippen molar-refractivity contribution in [2.45, 2.75) is 20.4 Å². The summed E-state index contributed by atoms with van der Waals surface area (Å²) in [7, 11) is 1.94. The molecule has 0 amide bonds. The molecule has 0 radical (unpaired) electrons. The first-order valence-electron chi connectivity index (χ1n) is 4.80. The van der Waals surface area contributed by atoms with E-state index >= 15 is 0 Å². The minimum atomic E-state index is 0.799. The molecule has 80 valence electrons. The number of thiazole rings is 1. The Kier molecular flexibility index (Phi) is 2.73. The zero-order chi connectivity index (χ0) is 10.8. The Labute approximate surface area is 93.0 Å². The molecule has 0 saturated heterocycles. The SMILES string of the molecule is Cc1ncsc1CNc1cc(C)n(C)n1. The number of rotatable bonds is 3. The molecule has 15 heavy (non-hydrogen) atoms. The molecule has 1 N–H and O–H groups in total. The first kappa shape index (κ1) is 10.2. The fourth-order valence-electron chi connectivity index (χ4n) is 1.31. The van der Waals surface area contributed by atoms with Crippen molar-refractivity contribution in [2.24, 2.45) is 7.05 Å². The molecule has 2 rings (SSSR count). The quantitative estimate of drug-likeness (QED) is 0.865. The molecule has 2 heterocycles. The molecule has 5 heteroatoms. The first-order chi connectivity index (χ1) is 7.16. The lowest BCUT2D eigenvalue weighted by Gasteiger charge is -2.00. The van der Waals surface area contributed by atoms with Gasteiger partial charge in [-0.25, -0.2) is 4.98 Å². The summed E-state index contributed by atoms with van der Waals surface area (Å²) in [4.78, 5) is 5.47. The molecule has 0 fully saturated rings. The van der Waals surface area contributed by atoms with Gasteiger partial charge in [0.15, 0.2) is 0 Å². The smallest absolute Gasteiger partial charge is 0.148 e. The third-order valence-corrected chi connectivity index (χ3v) is 3.32. The van der Waals surface area contributed by atoms with Crippen LogP contribution in [0, 0.1) is 13.8 Å². The summed E-state index contributed by atoms with van der Waals surface area (Å²) >= 11 is 1.67. The number of aryl methyl sites for hydroxylation is 3. The molecule has 0 aromatic carbocycles. The molecule has 0 atom stereocenters. The van der Waals surface area contributed by atoms with Crippen molar-refractivity contribution in [2.75, 3.05) is 5.32 Å². The van der Waals surface area contributed by atoms with Crippen molar-refractivity contribution < 1.29 is 0 Å². The summed E-state index contributed by atoms with van der Waals surface area (Å²) in [6.45, 7) is 4.86.